The minimum Gasteiger partial charge on any atom is -0.472 e. The van der Waals surface area contributed by atoms with Gasteiger partial charge in [-0.2, -0.15) is 8.75 Å². The van der Waals surface area contributed by atoms with E-state index in [0.29, 0.717) is 0 Å². The average Bonchev–Trinajstić information content (AvgIpc) is 2.76. The van der Waals surface area contributed by atoms with Gasteiger partial charge in [-0.05, 0) is 13.1 Å². The Labute approximate surface area is 79.9 Å². The maximum atomic E-state index is 5.01. The van der Waals surface area contributed by atoms with Crippen molar-refractivity contribution in [2.75, 3.05) is 7.05 Å². The van der Waals surface area contributed by atoms with Crippen LogP contribution >= 0.6 is 11.7 Å². The van der Waals surface area contributed by atoms with Gasteiger partial charge in [-0.3, -0.25) is 0 Å². The van der Waals surface area contributed by atoms with Crippen molar-refractivity contribution in [3.63, 3.8) is 0 Å². The molecule has 2 rings (SSSR count). The Morgan fingerprint density at radius 3 is 3.08 bits per heavy atom. The summed E-state index contributed by atoms with van der Waals surface area (Å²) in [5, 5.41) is 3.15. The van der Waals surface area contributed by atoms with Crippen LogP contribution in [0, 0.1) is 0 Å². The first-order valence-electron chi connectivity index (χ1n) is 3.88. The molecular weight excluding hydrogens is 186 g/mol. The lowest BCUT2D eigenvalue weighted by molar-refractivity contribution is 0.556. The highest BCUT2D eigenvalue weighted by molar-refractivity contribution is 6.99. The van der Waals surface area contributed by atoms with Crippen molar-refractivity contribution in [2.45, 2.75) is 6.04 Å². The molecular formula is C8H9N3OS. The third kappa shape index (κ3) is 1.61. The molecule has 5 heteroatoms. The summed E-state index contributed by atoms with van der Waals surface area (Å²) >= 11 is 1.21. The van der Waals surface area contributed by atoms with Gasteiger partial charge in [0, 0.05) is 5.56 Å². The predicted molar refractivity (Wildman–Crippen MR) is 49.5 cm³/mol. The minimum absolute atomic E-state index is 0.0810. The second-order valence-electron chi connectivity index (χ2n) is 2.61. The molecule has 2 aromatic heterocycles. The van der Waals surface area contributed by atoms with Gasteiger partial charge in [0.2, 0.25) is 0 Å². The minimum atomic E-state index is 0.0810. The average molecular weight is 195 g/mol. The highest BCUT2D eigenvalue weighted by atomic mass is 32.1. The number of furan rings is 1. The molecule has 68 valence electrons. The zero-order valence-corrected chi connectivity index (χ0v) is 7.91. The summed E-state index contributed by atoms with van der Waals surface area (Å²) in [5.74, 6) is 0. The van der Waals surface area contributed by atoms with Crippen LogP contribution in [0.15, 0.2) is 29.2 Å². The van der Waals surface area contributed by atoms with E-state index < -0.39 is 0 Å². The Balaban J connectivity index is 2.29. The summed E-state index contributed by atoms with van der Waals surface area (Å²) in [7, 11) is 1.89. The fraction of sp³-hybridized carbons (Fsp3) is 0.250. The molecule has 0 aliphatic heterocycles. The Morgan fingerprint density at radius 1 is 1.62 bits per heavy atom. The maximum Gasteiger partial charge on any atom is 0.0958 e. The summed E-state index contributed by atoms with van der Waals surface area (Å²) in [6.07, 6.45) is 5.12. The van der Waals surface area contributed by atoms with Gasteiger partial charge in [-0.15, -0.1) is 0 Å². The second-order valence-corrected chi connectivity index (χ2v) is 3.17. The van der Waals surface area contributed by atoms with Gasteiger partial charge in [0.05, 0.1) is 42.2 Å². The zero-order valence-electron chi connectivity index (χ0n) is 7.10. The van der Waals surface area contributed by atoms with Gasteiger partial charge in [-0.1, -0.05) is 0 Å². The van der Waals surface area contributed by atoms with E-state index in [4.69, 9.17) is 4.42 Å². The van der Waals surface area contributed by atoms with Gasteiger partial charge >= 0.3 is 0 Å². The fourth-order valence-corrected chi connectivity index (χ4v) is 1.67. The molecule has 1 atom stereocenters. The van der Waals surface area contributed by atoms with E-state index in [1.165, 1.54) is 11.7 Å². The molecule has 0 fully saturated rings. The molecule has 0 aromatic carbocycles. The van der Waals surface area contributed by atoms with Crippen molar-refractivity contribution in [1.29, 1.82) is 0 Å². The Hall–Kier alpha value is -1.20. The zero-order chi connectivity index (χ0) is 9.10. The standard InChI is InChI=1S/C8H9N3OS/c1-9-8(6-2-3-12-5-6)7-4-10-13-11-7/h2-5,8-9H,1H3. The van der Waals surface area contributed by atoms with E-state index in [2.05, 4.69) is 14.1 Å². The number of hydrogen-bond donors (Lipinski definition) is 1. The van der Waals surface area contributed by atoms with Gasteiger partial charge in [-0.25, -0.2) is 0 Å². The van der Waals surface area contributed by atoms with Crippen LogP contribution in [0.25, 0.3) is 0 Å². The lowest BCUT2D eigenvalue weighted by Crippen LogP contribution is -2.17. The van der Waals surface area contributed by atoms with Crippen LogP contribution in [0.3, 0.4) is 0 Å². The first-order valence-corrected chi connectivity index (χ1v) is 4.61. The number of hydrogen-bond acceptors (Lipinski definition) is 5. The molecule has 0 bridgehead atoms. The number of nitrogens with one attached hydrogen (secondary N) is 1. The highest BCUT2D eigenvalue weighted by Crippen LogP contribution is 2.19. The van der Waals surface area contributed by atoms with Crippen LogP contribution in [-0.2, 0) is 0 Å². The van der Waals surface area contributed by atoms with Crippen molar-refractivity contribution in [3.8, 4) is 0 Å². The second kappa shape index (κ2) is 3.68. The Morgan fingerprint density at radius 2 is 2.54 bits per heavy atom. The smallest absolute Gasteiger partial charge is 0.0958 e. The summed E-state index contributed by atoms with van der Waals surface area (Å²) < 4.78 is 13.1. The lowest BCUT2D eigenvalue weighted by atomic mass is 10.1. The van der Waals surface area contributed by atoms with Crippen LogP contribution < -0.4 is 5.32 Å². The summed E-state index contributed by atoms with van der Waals surface area (Å²) in [6, 6.07) is 2.00. The van der Waals surface area contributed by atoms with Crippen molar-refractivity contribution in [2.24, 2.45) is 0 Å². The molecule has 2 heterocycles. The molecule has 0 saturated carbocycles. The molecule has 0 radical (unpaired) electrons. The van der Waals surface area contributed by atoms with E-state index >= 15 is 0 Å². The predicted octanol–water partition coefficient (Wildman–Crippen LogP) is 1.44. The van der Waals surface area contributed by atoms with E-state index in [9.17, 15) is 0 Å². The Bertz CT molecular complexity index is 309. The quantitative estimate of drug-likeness (QED) is 0.805. The summed E-state index contributed by atoms with van der Waals surface area (Å²) in [6.45, 7) is 0. The van der Waals surface area contributed by atoms with Crippen molar-refractivity contribution < 1.29 is 4.42 Å². The molecule has 2 aromatic rings. The van der Waals surface area contributed by atoms with Crippen molar-refractivity contribution in [1.82, 2.24) is 14.1 Å². The molecule has 13 heavy (non-hydrogen) atoms. The maximum absolute atomic E-state index is 5.01. The molecule has 0 saturated heterocycles. The molecule has 4 nitrogen and oxygen atoms in total. The van der Waals surface area contributed by atoms with Gasteiger partial charge in [0.15, 0.2) is 0 Å². The topological polar surface area (TPSA) is 51.0 Å². The lowest BCUT2D eigenvalue weighted by Gasteiger charge is -2.09. The molecule has 0 aliphatic carbocycles. The first kappa shape index (κ1) is 8.40. The third-order valence-electron chi connectivity index (χ3n) is 1.84. The monoisotopic (exact) mass is 195 g/mol. The summed E-state index contributed by atoms with van der Waals surface area (Å²) in [4.78, 5) is 0. The van der Waals surface area contributed by atoms with Crippen LogP contribution in [0.5, 0.6) is 0 Å². The number of aromatic nitrogens is 2. The van der Waals surface area contributed by atoms with Gasteiger partial charge < -0.3 is 9.73 Å². The van der Waals surface area contributed by atoms with Crippen LogP contribution in [0.4, 0.5) is 0 Å². The Kier molecular flexibility index (Phi) is 2.37. The molecule has 0 spiro atoms. The van der Waals surface area contributed by atoms with E-state index in [0.717, 1.165) is 11.3 Å². The van der Waals surface area contributed by atoms with Crippen LogP contribution in [-0.4, -0.2) is 15.8 Å². The van der Waals surface area contributed by atoms with E-state index in [1.807, 2.05) is 13.1 Å². The van der Waals surface area contributed by atoms with E-state index in [1.54, 1.807) is 18.7 Å². The van der Waals surface area contributed by atoms with Crippen LogP contribution in [0.1, 0.15) is 17.3 Å². The SMILES string of the molecule is CNC(c1ccoc1)c1cnsn1. The van der Waals surface area contributed by atoms with Crippen molar-refractivity contribution in [3.05, 3.63) is 36.0 Å². The molecule has 0 amide bonds. The van der Waals surface area contributed by atoms with Gasteiger partial charge in [0.25, 0.3) is 0 Å². The molecule has 0 aliphatic rings. The third-order valence-corrected chi connectivity index (χ3v) is 2.33. The van der Waals surface area contributed by atoms with E-state index in [-0.39, 0.29) is 6.04 Å². The van der Waals surface area contributed by atoms with Crippen molar-refractivity contribution >= 4 is 11.7 Å². The fourth-order valence-electron chi connectivity index (χ4n) is 1.22. The first-order chi connectivity index (χ1) is 6.42. The van der Waals surface area contributed by atoms with Gasteiger partial charge in [0.1, 0.15) is 0 Å². The number of nitrogens with zero attached hydrogens (tertiary/aromatic N) is 2. The number of rotatable bonds is 3. The molecule has 1 unspecified atom stereocenters. The highest BCUT2D eigenvalue weighted by Gasteiger charge is 2.14. The molecule has 1 N–H and O–H groups in total. The normalized spacial score (nSPS) is 13.0. The summed E-state index contributed by atoms with van der Waals surface area (Å²) in [5.41, 5.74) is 1.99. The van der Waals surface area contributed by atoms with Crippen LogP contribution in [0.2, 0.25) is 0 Å². The largest absolute Gasteiger partial charge is 0.472 e.